The summed E-state index contributed by atoms with van der Waals surface area (Å²) in [6.45, 7) is 29.1. The van der Waals surface area contributed by atoms with E-state index >= 15 is 0 Å². The Bertz CT molecular complexity index is 4170. The van der Waals surface area contributed by atoms with E-state index in [1.54, 1.807) is 36.4 Å². The summed E-state index contributed by atoms with van der Waals surface area (Å²) in [5.74, 6) is -0.468. The summed E-state index contributed by atoms with van der Waals surface area (Å²) in [7, 11) is 0. The Morgan fingerprint density at radius 1 is 0.239 bits per heavy atom. The van der Waals surface area contributed by atoms with Gasteiger partial charge >= 0.3 is 0 Å². The van der Waals surface area contributed by atoms with Crippen molar-refractivity contribution in [2.75, 3.05) is 0 Å². The predicted molar refractivity (Wildman–Crippen MR) is 376 cm³/mol. The summed E-state index contributed by atoms with van der Waals surface area (Å²) in [5.41, 5.74) is 13.7. The molecule has 0 spiro atoms. The first kappa shape index (κ1) is 65.4. The molecule has 10 aromatic carbocycles. The van der Waals surface area contributed by atoms with Gasteiger partial charge in [-0.2, -0.15) is 0 Å². The highest BCUT2D eigenvalue weighted by Gasteiger charge is 2.31. The van der Waals surface area contributed by atoms with E-state index in [1.807, 2.05) is 109 Å². The summed E-state index contributed by atoms with van der Waals surface area (Å²) in [6.07, 6.45) is 0.251. The van der Waals surface area contributed by atoms with Gasteiger partial charge in [0.25, 0.3) is 0 Å². The molecule has 474 valence electrons. The van der Waals surface area contributed by atoms with Crippen LogP contribution >= 0.6 is 0 Å². The smallest absolute Gasteiger partial charge is 0.131 e. The number of aromatic hydroxyl groups is 9. The van der Waals surface area contributed by atoms with E-state index in [4.69, 9.17) is 0 Å². The topological polar surface area (TPSA) is 182 Å². The lowest BCUT2D eigenvalue weighted by molar-refractivity contribution is 0.466. The second-order valence-corrected chi connectivity index (χ2v) is 27.5. The summed E-state index contributed by atoms with van der Waals surface area (Å²) in [4.78, 5) is 0. The van der Waals surface area contributed by atoms with Crippen molar-refractivity contribution in [2.24, 2.45) is 0 Å². The van der Waals surface area contributed by atoms with E-state index in [9.17, 15) is 46.0 Å². The third-order valence-corrected chi connectivity index (χ3v) is 18.9. The normalized spacial score (nSPS) is 12.3. The van der Waals surface area contributed by atoms with E-state index in [0.29, 0.717) is 72.3 Å². The van der Waals surface area contributed by atoms with E-state index in [-0.39, 0.29) is 93.7 Å². The molecule has 0 aliphatic rings. The number of rotatable bonds is 18. The summed E-state index contributed by atoms with van der Waals surface area (Å²) >= 11 is 0. The van der Waals surface area contributed by atoms with Gasteiger partial charge in [-0.05, 0) is 212 Å². The zero-order chi connectivity index (χ0) is 66.5. The largest absolute Gasteiger partial charge is 0.507 e. The number of benzene rings is 10. The number of hydrogen-bond donors (Lipinski definition) is 9. The lowest BCUT2D eigenvalue weighted by Gasteiger charge is -2.29. The number of phenolic OH excluding ortho intramolecular Hbond substituents is 9. The van der Waals surface area contributed by atoms with Gasteiger partial charge in [0.15, 0.2) is 0 Å². The molecule has 0 saturated heterocycles. The number of hydrogen-bond acceptors (Lipinski definition) is 9. The van der Waals surface area contributed by atoms with E-state index in [0.717, 1.165) is 55.6 Å². The molecule has 1 atom stereocenters. The van der Waals surface area contributed by atoms with Crippen molar-refractivity contribution >= 4 is 0 Å². The van der Waals surface area contributed by atoms with Gasteiger partial charge in [-0.15, -0.1) is 0 Å². The summed E-state index contributed by atoms with van der Waals surface area (Å²) in [6, 6.07) is 52.4. The molecule has 0 aliphatic heterocycles. The van der Waals surface area contributed by atoms with Crippen LogP contribution in [-0.2, 0) is 11.8 Å². The molecule has 0 bridgehead atoms. The lowest BCUT2D eigenvalue weighted by atomic mass is 9.75. The number of phenols is 9. The van der Waals surface area contributed by atoms with Gasteiger partial charge < -0.3 is 46.0 Å². The molecule has 10 rings (SSSR count). The molecule has 0 radical (unpaired) electrons. The first-order chi connectivity index (χ1) is 43.5. The van der Waals surface area contributed by atoms with Crippen LogP contribution in [0.1, 0.15) is 200 Å². The molecule has 10 aromatic rings. The van der Waals surface area contributed by atoms with Gasteiger partial charge in [0.2, 0.25) is 0 Å². The molecule has 0 saturated carbocycles. The van der Waals surface area contributed by atoms with Gasteiger partial charge in [0.05, 0.1) is 0 Å². The molecule has 1 unspecified atom stereocenters. The van der Waals surface area contributed by atoms with Gasteiger partial charge in [-0.1, -0.05) is 158 Å². The highest BCUT2D eigenvalue weighted by atomic mass is 16.3. The Morgan fingerprint density at radius 3 is 0.707 bits per heavy atom. The van der Waals surface area contributed by atoms with Crippen molar-refractivity contribution in [1.29, 1.82) is 0 Å². The molecule has 0 fully saturated rings. The monoisotopic (exact) mass is 1230 g/mol. The van der Waals surface area contributed by atoms with Crippen LogP contribution in [0.15, 0.2) is 170 Å². The minimum atomic E-state index is -0.793. The molecule has 9 heteroatoms. The molecule has 0 aromatic heterocycles. The van der Waals surface area contributed by atoms with Crippen molar-refractivity contribution in [3.05, 3.63) is 231 Å². The molecule has 92 heavy (non-hydrogen) atoms. The highest BCUT2D eigenvalue weighted by Crippen LogP contribution is 2.53. The summed E-state index contributed by atoms with van der Waals surface area (Å²) < 4.78 is 0. The zero-order valence-electron chi connectivity index (χ0n) is 55.4. The fraction of sp³-hybridized carbons (Fsp3) is 0.277. The van der Waals surface area contributed by atoms with Gasteiger partial charge in [-0.3, -0.25) is 0 Å². The van der Waals surface area contributed by atoms with E-state index < -0.39 is 11.3 Å². The quantitative estimate of drug-likeness (QED) is 0.0404. The molecular formula is C83H88O9. The molecule has 0 aliphatic carbocycles. The molecule has 0 amide bonds. The highest BCUT2D eigenvalue weighted by molar-refractivity contribution is 5.91. The Balaban J connectivity index is 1.24. The average molecular weight is 1230 g/mol. The maximum absolute atomic E-state index is 12.8. The van der Waals surface area contributed by atoms with Crippen LogP contribution in [0, 0.1) is 0 Å². The minimum Gasteiger partial charge on any atom is -0.507 e. The van der Waals surface area contributed by atoms with Crippen LogP contribution in [0.25, 0.3) is 66.8 Å². The maximum Gasteiger partial charge on any atom is 0.131 e. The molecule has 9 nitrogen and oxygen atoms in total. The third kappa shape index (κ3) is 12.9. The molecule has 0 heterocycles. The average Bonchev–Trinajstić information content (AvgIpc) is 0.797. The first-order valence-electron chi connectivity index (χ1n) is 32.2. The van der Waals surface area contributed by atoms with Gasteiger partial charge in [-0.25, -0.2) is 0 Å². The van der Waals surface area contributed by atoms with Crippen LogP contribution in [0.2, 0.25) is 0 Å². The van der Waals surface area contributed by atoms with Crippen LogP contribution < -0.4 is 0 Å². The Labute approximate surface area is 542 Å². The minimum absolute atomic E-state index is 0.00186. The van der Waals surface area contributed by atoms with Gasteiger partial charge in [0.1, 0.15) is 51.7 Å². The van der Waals surface area contributed by atoms with Crippen LogP contribution in [0.3, 0.4) is 0 Å². The molecular weight excluding hydrogens is 1140 g/mol. The SMILES string of the molecule is CC(C)c1ccc(O)c(-c2cc(CC(c3ccc(C(C)(C)c4cc(-c5cc(C(C)C)ccc5O)c(O)c(-c5cc(C(C)C)ccc5O)c4)cc3)c3cc(-c4cc(C(C)C)ccc4O)c(O)c(-c4cc(C(C)C)ccc4O)c3)cc(-c3cc(C(C)C)ccc3O)c2O)c1. The lowest BCUT2D eigenvalue weighted by Crippen LogP contribution is -2.19. The van der Waals surface area contributed by atoms with Crippen LogP contribution in [0.4, 0.5) is 0 Å². The standard InChI is InChI=1S/C83H88O9/c1-44(2)52-17-25-74(84)62(34-52)68-32-50(33-69(80(68)90)63-35-53(45(3)4)18-26-75(63)85)31-61(58-40-70(64-36-54(46(5)6)19-27-76(64)86)81(91)71(41-58)65-37-55(47(7)8)20-28-77(65)87)51-15-23-59(24-16-51)83(13,14)60-42-72(66-38-56(48(9)10)21-29-78(66)88)82(92)73(43-60)67-39-57(49(11)12)22-30-79(67)89/h15-30,32-49,61,84-92H,31H2,1-14H3. The van der Waals surface area contributed by atoms with Crippen molar-refractivity contribution < 1.29 is 46.0 Å². The Morgan fingerprint density at radius 2 is 0.457 bits per heavy atom. The first-order valence-corrected chi connectivity index (χ1v) is 32.2. The fourth-order valence-corrected chi connectivity index (χ4v) is 12.6. The van der Waals surface area contributed by atoms with Crippen molar-refractivity contribution in [3.63, 3.8) is 0 Å². The Hall–Kier alpha value is -9.60. The van der Waals surface area contributed by atoms with Crippen molar-refractivity contribution in [1.82, 2.24) is 0 Å². The van der Waals surface area contributed by atoms with E-state index in [1.165, 1.54) is 0 Å². The van der Waals surface area contributed by atoms with Crippen molar-refractivity contribution in [3.8, 4) is 119 Å². The second kappa shape index (κ2) is 25.9. The van der Waals surface area contributed by atoms with Gasteiger partial charge in [0, 0.05) is 78.1 Å². The van der Waals surface area contributed by atoms with Crippen molar-refractivity contribution in [2.45, 2.75) is 150 Å². The van der Waals surface area contributed by atoms with E-state index in [2.05, 4.69) is 121 Å². The van der Waals surface area contributed by atoms with Crippen LogP contribution in [0.5, 0.6) is 51.7 Å². The summed E-state index contributed by atoms with van der Waals surface area (Å²) in [5, 5.41) is 108. The zero-order valence-corrected chi connectivity index (χ0v) is 55.4. The Kier molecular flexibility index (Phi) is 18.4. The fourth-order valence-electron chi connectivity index (χ4n) is 12.6. The maximum atomic E-state index is 12.8. The predicted octanol–water partition coefficient (Wildman–Crippen LogP) is 21.5. The second-order valence-electron chi connectivity index (χ2n) is 27.5. The third-order valence-electron chi connectivity index (χ3n) is 18.9. The van der Waals surface area contributed by atoms with Crippen LogP contribution in [-0.4, -0.2) is 46.0 Å². The molecule has 9 N–H and O–H groups in total.